The van der Waals surface area contributed by atoms with Gasteiger partial charge in [0.1, 0.15) is 17.1 Å². The predicted octanol–water partition coefficient (Wildman–Crippen LogP) is 5.97. The first-order chi connectivity index (χ1) is 16.8. The van der Waals surface area contributed by atoms with E-state index in [9.17, 15) is 15.0 Å². The number of halogens is 2. The molecular weight excluding hydrogens is 534 g/mol. The number of rotatable bonds is 5. The van der Waals surface area contributed by atoms with Crippen molar-refractivity contribution in [1.29, 1.82) is 0 Å². The Morgan fingerprint density at radius 3 is 2.60 bits per heavy atom. The van der Waals surface area contributed by atoms with Crippen LogP contribution in [0.25, 0.3) is 11.3 Å². The standard InChI is InChI=1S/C26H21BrClN3O4/c1-13-3-5-14(6-4-13)12-31-24(15-9-18(27)25(33)20(10-15)35-2)21-22(29-30-23(21)26(31)34)17-11-16(28)7-8-19(17)32/h3-11,24,32-33H,12H2,1-2H3,(H,29,30). The molecule has 35 heavy (non-hydrogen) atoms. The van der Waals surface area contributed by atoms with E-state index in [-0.39, 0.29) is 23.2 Å². The van der Waals surface area contributed by atoms with Crippen molar-refractivity contribution in [3.05, 3.63) is 92.0 Å². The van der Waals surface area contributed by atoms with Gasteiger partial charge in [0, 0.05) is 22.7 Å². The molecule has 0 spiro atoms. The number of nitrogens with one attached hydrogen (secondary N) is 1. The van der Waals surface area contributed by atoms with E-state index in [1.807, 2.05) is 31.2 Å². The van der Waals surface area contributed by atoms with Crippen molar-refractivity contribution in [3.63, 3.8) is 0 Å². The monoisotopic (exact) mass is 553 g/mol. The second-order valence-corrected chi connectivity index (χ2v) is 9.69. The number of phenols is 2. The van der Waals surface area contributed by atoms with Crippen LogP contribution in [0.15, 0.2) is 59.1 Å². The third-order valence-electron chi connectivity index (χ3n) is 6.14. The molecular formula is C26H21BrClN3O4. The fraction of sp³-hybridized carbons (Fsp3) is 0.154. The van der Waals surface area contributed by atoms with Crippen LogP contribution in [0.5, 0.6) is 17.2 Å². The molecule has 1 amide bonds. The van der Waals surface area contributed by atoms with E-state index < -0.39 is 6.04 Å². The van der Waals surface area contributed by atoms with Crippen LogP contribution in [0.4, 0.5) is 0 Å². The van der Waals surface area contributed by atoms with Crippen molar-refractivity contribution in [3.8, 4) is 28.5 Å². The molecule has 0 saturated heterocycles. The number of aromatic amines is 1. The molecule has 0 saturated carbocycles. The fourth-order valence-corrected chi connectivity index (χ4v) is 5.04. The highest BCUT2D eigenvalue weighted by molar-refractivity contribution is 9.10. The van der Waals surface area contributed by atoms with E-state index in [2.05, 4.69) is 26.1 Å². The third-order valence-corrected chi connectivity index (χ3v) is 6.98. The second kappa shape index (κ2) is 8.94. The van der Waals surface area contributed by atoms with Gasteiger partial charge < -0.3 is 19.8 Å². The number of carbonyl (C=O) groups is 1. The van der Waals surface area contributed by atoms with Crippen LogP contribution < -0.4 is 4.74 Å². The molecule has 0 radical (unpaired) electrons. The number of ether oxygens (including phenoxy) is 1. The Morgan fingerprint density at radius 2 is 1.89 bits per heavy atom. The first kappa shape index (κ1) is 23.3. The number of aromatic nitrogens is 2. The number of methoxy groups -OCH3 is 1. The Morgan fingerprint density at radius 1 is 1.14 bits per heavy atom. The van der Waals surface area contributed by atoms with Crippen molar-refractivity contribution in [2.24, 2.45) is 0 Å². The van der Waals surface area contributed by atoms with Gasteiger partial charge in [-0.3, -0.25) is 9.89 Å². The molecule has 2 heterocycles. The summed E-state index contributed by atoms with van der Waals surface area (Å²) in [4.78, 5) is 15.4. The normalized spacial score (nSPS) is 14.9. The minimum atomic E-state index is -0.572. The summed E-state index contributed by atoms with van der Waals surface area (Å²) in [5, 5.41) is 28.7. The topological polar surface area (TPSA) is 98.7 Å². The molecule has 1 atom stereocenters. The van der Waals surface area contributed by atoms with E-state index in [4.69, 9.17) is 16.3 Å². The van der Waals surface area contributed by atoms with Gasteiger partial charge in [0.05, 0.1) is 17.6 Å². The van der Waals surface area contributed by atoms with Gasteiger partial charge in [-0.25, -0.2) is 0 Å². The number of phenolic OH excluding ortho intramolecular Hbond substituents is 2. The van der Waals surface area contributed by atoms with E-state index in [0.717, 1.165) is 11.1 Å². The summed E-state index contributed by atoms with van der Waals surface area (Å²) in [5.74, 6) is -0.00245. The van der Waals surface area contributed by atoms with Crippen LogP contribution in [0.3, 0.4) is 0 Å². The first-order valence-electron chi connectivity index (χ1n) is 10.8. The number of aromatic hydroxyl groups is 2. The van der Waals surface area contributed by atoms with Gasteiger partial charge in [-0.1, -0.05) is 41.4 Å². The number of benzene rings is 3. The maximum atomic E-state index is 13.6. The van der Waals surface area contributed by atoms with E-state index in [0.29, 0.717) is 44.1 Å². The molecule has 1 unspecified atom stereocenters. The first-order valence-corrected chi connectivity index (χ1v) is 12.0. The Hall–Kier alpha value is -3.49. The van der Waals surface area contributed by atoms with Gasteiger partial charge in [-0.15, -0.1) is 0 Å². The quantitative estimate of drug-likeness (QED) is 0.282. The van der Waals surface area contributed by atoms with E-state index in [1.54, 1.807) is 29.2 Å². The van der Waals surface area contributed by atoms with Gasteiger partial charge in [0.15, 0.2) is 11.5 Å². The number of aryl methyl sites for hydroxylation is 1. The van der Waals surface area contributed by atoms with Crippen LogP contribution in [-0.4, -0.2) is 38.3 Å². The molecule has 5 rings (SSSR count). The second-order valence-electron chi connectivity index (χ2n) is 8.40. The smallest absolute Gasteiger partial charge is 0.273 e. The maximum Gasteiger partial charge on any atom is 0.273 e. The van der Waals surface area contributed by atoms with Gasteiger partial charge >= 0.3 is 0 Å². The number of fused-ring (bicyclic) bond motifs is 1. The van der Waals surface area contributed by atoms with Crippen LogP contribution >= 0.6 is 27.5 Å². The molecule has 9 heteroatoms. The number of carbonyl (C=O) groups excluding carboxylic acids is 1. The summed E-state index contributed by atoms with van der Waals surface area (Å²) in [6, 6.07) is 15.6. The lowest BCUT2D eigenvalue weighted by Gasteiger charge is -2.27. The Bertz CT molecular complexity index is 1450. The highest BCUT2D eigenvalue weighted by atomic mass is 79.9. The number of amides is 1. The van der Waals surface area contributed by atoms with Crippen LogP contribution in [0, 0.1) is 6.92 Å². The summed E-state index contributed by atoms with van der Waals surface area (Å²) in [6.07, 6.45) is 0. The predicted molar refractivity (Wildman–Crippen MR) is 136 cm³/mol. The van der Waals surface area contributed by atoms with Gasteiger partial charge in [-0.05, 0) is 64.3 Å². The molecule has 1 aliphatic rings. The number of hydrogen-bond acceptors (Lipinski definition) is 5. The average molecular weight is 555 g/mol. The Balaban J connectivity index is 1.71. The molecule has 0 bridgehead atoms. The number of hydrogen-bond donors (Lipinski definition) is 3. The average Bonchev–Trinajstić information content (AvgIpc) is 3.38. The molecule has 1 aromatic heterocycles. The highest BCUT2D eigenvalue weighted by Crippen LogP contribution is 2.48. The zero-order valence-electron chi connectivity index (χ0n) is 18.8. The summed E-state index contributed by atoms with van der Waals surface area (Å²) in [7, 11) is 1.47. The molecule has 0 aliphatic carbocycles. The fourth-order valence-electron chi connectivity index (χ4n) is 4.41. The maximum absolute atomic E-state index is 13.6. The molecule has 4 aromatic rings. The molecule has 0 fully saturated rings. The minimum Gasteiger partial charge on any atom is -0.507 e. The Kier molecular flexibility index (Phi) is 5.94. The van der Waals surface area contributed by atoms with E-state index >= 15 is 0 Å². The van der Waals surface area contributed by atoms with Crippen molar-refractivity contribution in [1.82, 2.24) is 15.1 Å². The zero-order chi connectivity index (χ0) is 24.9. The molecule has 178 valence electrons. The summed E-state index contributed by atoms with van der Waals surface area (Å²) in [5.41, 5.74) is 4.57. The lowest BCUT2D eigenvalue weighted by atomic mass is 9.95. The van der Waals surface area contributed by atoms with Crippen LogP contribution in [0.2, 0.25) is 5.02 Å². The largest absolute Gasteiger partial charge is 0.507 e. The zero-order valence-corrected chi connectivity index (χ0v) is 21.2. The van der Waals surface area contributed by atoms with Crippen molar-refractivity contribution >= 4 is 33.4 Å². The van der Waals surface area contributed by atoms with Gasteiger partial charge in [0.25, 0.3) is 5.91 Å². The SMILES string of the molecule is COc1cc(C2c3c(-c4cc(Cl)ccc4O)n[nH]c3C(=O)N2Cc2ccc(C)cc2)cc(Br)c1O. The highest BCUT2D eigenvalue weighted by Gasteiger charge is 2.43. The van der Waals surface area contributed by atoms with Crippen molar-refractivity contribution in [2.45, 2.75) is 19.5 Å². The third kappa shape index (κ3) is 4.02. The van der Waals surface area contributed by atoms with E-state index in [1.165, 1.54) is 13.2 Å². The van der Waals surface area contributed by atoms with Crippen molar-refractivity contribution in [2.75, 3.05) is 7.11 Å². The Labute approximate surface area is 215 Å². The van der Waals surface area contributed by atoms with Gasteiger partial charge in [-0.2, -0.15) is 5.10 Å². The molecule has 3 aromatic carbocycles. The lowest BCUT2D eigenvalue weighted by molar-refractivity contribution is 0.0730. The lowest BCUT2D eigenvalue weighted by Crippen LogP contribution is -2.29. The summed E-state index contributed by atoms with van der Waals surface area (Å²) >= 11 is 9.61. The number of H-pyrrole nitrogens is 1. The summed E-state index contributed by atoms with van der Waals surface area (Å²) < 4.78 is 5.80. The van der Waals surface area contributed by atoms with Gasteiger partial charge in [0.2, 0.25) is 0 Å². The minimum absolute atomic E-state index is 0.00338. The molecule has 1 aliphatic heterocycles. The molecule has 3 N–H and O–H groups in total. The molecule has 7 nitrogen and oxygen atoms in total. The van der Waals surface area contributed by atoms with Crippen LogP contribution in [-0.2, 0) is 6.54 Å². The van der Waals surface area contributed by atoms with Crippen LogP contribution in [0.1, 0.15) is 38.8 Å². The summed E-state index contributed by atoms with van der Waals surface area (Å²) in [6.45, 7) is 2.35. The van der Waals surface area contributed by atoms with Crippen molar-refractivity contribution < 1.29 is 19.7 Å². The number of nitrogens with zero attached hydrogens (tertiary/aromatic N) is 2.